The van der Waals surface area contributed by atoms with Crippen molar-refractivity contribution in [3.8, 4) is 11.5 Å². The summed E-state index contributed by atoms with van der Waals surface area (Å²) in [6.07, 6.45) is 0. The van der Waals surface area contributed by atoms with Crippen LogP contribution in [-0.2, 0) is 13.1 Å². The average Bonchev–Trinajstić information content (AvgIpc) is 2.89. The molecule has 120 valence electrons. The number of carbonyl (C=O) groups excluding carboxylic acids is 1. The van der Waals surface area contributed by atoms with Gasteiger partial charge in [-0.1, -0.05) is 37.6 Å². The molecule has 2 aromatic rings. The van der Waals surface area contributed by atoms with Crippen LogP contribution in [0.2, 0.25) is 0 Å². The van der Waals surface area contributed by atoms with Gasteiger partial charge in [0.25, 0.3) is 5.91 Å². The lowest BCUT2D eigenvalue weighted by molar-refractivity contribution is 0.0748. The van der Waals surface area contributed by atoms with E-state index in [4.69, 9.17) is 0 Å². The first-order valence-electron chi connectivity index (χ1n) is 7.80. The van der Waals surface area contributed by atoms with Crippen LogP contribution in [0.15, 0.2) is 30.3 Å². The highest BCUT2D eigenvalue weighted by molar-refractivity contribution is 5.97. The number of aromatic hydroxyl groups is 2. The molecule has 0 atom stereocenters. The predicted molar refractivity (Wildman–Crippen MR) is 88.6 cm³/mol. The molecule has 4 heteroatoms. The first-order valence-corrected chi connectivity index (χ1v) is 7.80. The fraction of sp³-hybridized carbons (Fsp3) is 0.316. The van der Waals surface area contributed by atoms with Crippen molar-refractivity contribution in [1.82, 2.24) is 4.90 Å². The molecular weight excluding hydrogens is 290 g/mol. The molecule has 1 heterocycles. The van der Waals surface area contributed by atoms with Crippen molar-refractivity contribution in [1.29, 1.82) is 0 Å². The van der Waals surface area contributed by atoms with Gasteiger partial charge in [-0.2, -0.15) is 0 Å². The summed E-state index contributed by atoms with van der Waals surface area (Å²) in [6.45, 7) is 7.01. The lowest BCUT2D eigenvalue weighted by Gasteiger charge is -2.18. The molecule has 2 N–H and O–H groups in total. The Morgan fingerprint density at radius 3 is 2.43 bits per heavy atom. The molecule has 0 spiro atoms. The summed E-state index contributed by atoms with van der Waals surface area (Å²) in [5, 5.41) is 20.0. The SMILES string of the molecule is Cc1ccc2c(c1)CN(C(=O)c1cc(C(C)C)c(O)cc1O)C2. The zero-order valence-electron chi connectivity index (χ0n) is 13.6. The van der Waals surface area contributed by atoms with E-state index < -0.39 is 0 Å². The second-order valence-corrected chi connectivity index (χ2v) is 6.52. The van der Waals surface area contributed by atoms with Crippen LogP contribution in [0.3, 0.4) is 0 Å². The van der Waals surface area contributed by atoms with Crippen LogP contribution >= 0.6 is 0 Å². The van der Waals surface area contributed by atoms with E-state index in [0.717, 1.165) is 11.1 Å². The van der Waals surface area contributed by atoms with Crippen molar-refractivity contribution >= 4 is 5.91 Å². The molecule has 4 nitrogen and oxygen atoms in total. The predicted octanol–water partition coefficient (Wildman–Crippen LogP) is 3.69. The molecule has 0 bridgehead atoms. The molecule has 1 aliphatic heterocycles. The van der Waals surface area contributed by atoms with Gasteiger partial charge < -0.3 is 15.1 Å². The first kappa shape index (κ1) is 15.4. The van der Waals surface area contributed by atoms with Crippen molar-refractivity contribution in [3.63, 3.8) is 0 Å². The third kappa shape index (κ3) is 2.77. The summed E-state index contributed by atoms with van der Waals surface area (Å²) >= 11 is 0. The summed E-state index contributed by atoms with van der Waals surface area (Å²) in [5.41, 5.74) is 4.38. The molecule has 3 rings (SSSR count). The maximum absolute atomic E-state index is 12.8. The zero-order valence-corrected chi connectivity index (χ0v) is 13.6. The summed E-state index contributed by atoms with van der Waals surface area (Å²) in [4.78, 5) is 14.5. The Hall–Kier alpha value is -2.49. The minimum absolute atomic E-state index is 0.0226. The monoisotopic (exact) mass is 311 g/mol. The van der Waals surface area contributed by atoms with Crippen LogP contribution in [0.4, 0.5) is 0 Å². The maximum Gasteiger partial charge on any atom is 0.258 e. The molecule has 0 fully saturated rings. The largest absolute Gasteiger partial charge is 0.508 e. The molecule has 0 saturated carbocycles. The van der Waals surface area contributed by atoms with Gasteiger partial charge in [0.05, 0.1) is 5.56 Å². The number of phenolic OH excluding ortho intramolecular Hbond substituents is 2. The van der Waals surface area contributed by atoms with Crippen molar-refractivity contribution in [2.45, 2.75) is 39.8 Å². The molecule has 0 aliphatic carbocycles. The van der Waals surface area contributed by atoms with Gasteiger partial charge >= 0.3 is 0 Å². The van der Waals surface area contributed by atoms with Crippen LogP contribution < -0.4 is 0 Å². The third-order valence-corrected chi connectivity index (χ3v) is 4.37. The van der Waals surface area contributed by atoms with Gasteiger partial charge in [-0.25, -0.2) is 0 Å². The van der Waals surface area contributed by atoms with Gasteiger partial charge in [-0.3, -0.25) is 4.79 Å². The molecule has 2 aromatic carbocycles. The van der Waals surface area contributed by atoms with Crippen LogP contribution in [0, 0.1) is 6.92 Å². The number of hydrogen-bond acceptors (Lipinski definition) is 3. The Morgan fingerprint density at radius 1 is 1.04 bits per heavy atom. The normalized spacial score (nSPS) is 13.5. The summed E-state index contributed by atoms with van der Waals surface area (Å²) < 4.78 is 0. The Balaban J connectivity index is 1.92. The second-order valence-electron chi connectivity index (χ2n) is 6.52. The van der Waals surface area contributed by atoms with Gasteiger partial charge in [0.15, 0.2) is 0 Å². The molecular formula is C19H21NO3. The Labute approximate surface area is 136 Å². The number of hydrogen-bond donors (Lipinski definition) is 2. The van der Waals surface area contributed by atoms with Crippen molar-refractivity contribution < 1.29 is 15.0 Å². The molecule has 0 saturated heterocycles. The minimum Gasteiger partial charge on any atom is -0.508 e. The van der Waals surface area contributed by atoms with E-state index in [-0.39, 0.29) is 28.9 Å². The topological polar surface area (TPSA) is 60.8 Å². The number of amides is 1. The number of rotatable bonds is 2. The van der Waals surface area contributed by atoms with Gasteiger partial charge in [0.2, 0.25) is 0 Å². The summed E-state index contributed by atoms with van der Waals surface area (Å²) in [6, 6.07) is 9.05. The quantitative estimate of drug-likeness (QED) is 0.889. The number of phenols is 2. The van der Waals surface area contributed by atoms with Crippen LogP contribution in [-0.4, -0.2) is 21.0 Å². The van der Waals surface area contributed by atoms with Gasteiger partial charge in [0.1, 0.15) is 11.5 Å². The van der Waals surface area contributed by atoms with E-state index in [2.05, 4.69) is 6.07 Å². The number of fused-ring (bicyclic) bond motifs is 1. The highest BCUT2D eigenvalue weighted by Crippen LogP contribution is 2.34. The molecule has 23 heavy (non-hydrogen) atoms. The standard InChI is InChI=1S/C19H21NO3/c1-11(2)15-7-16(18(22)8-17(15)21)19(23)20-9-13-5-4-12(3)6-14(13)10-20/h4-8,11,21-22H,9-10H2,1-3H3. The molecule has 0 unspecified atom stereocenters. The van der Waals surface area contributed by atoms with Gasteiger partial charge in [-0.05, 0) is 35.6 Å². The van der Waals surface area contributed by atoms with E-state index >= 15 is 0 Å². The molecule has 1 amide bonds. The third-order valence-electron chi connectivity index (χ3n) is 4.37. The fourth-order valence-electron chi connectivity index (χ4n) is 3.06. The van der Waals surface area contributed by atoms with E-state index in [1.807, 2.05) is 32.9 Å². The number of aryl methyl sites for hydroxylation is 1. The number of carbonyl (C=O) groups is 1. The number of benzene rings is 2. The second kappa shape index (κ2) is 5.61. The summed E-state index contributed by atoms with van der Waals surface area (Å²) in [5.74, 6) is -0.294. The Kier molecular flexibility index (Phi) is 3.76. The van der Waals surface area contributed by atoms with E-state index in [1.165, 1.54) is 11.6 Å². The highest BCUT2D eigenvalue weighted by Gasteiger charge is 2.27. The Bertz CT molecular complexity index is 780. The van der Waals surface area contributed by atoms with Crippen LogP contribution in [0.1, 0.15) is 52.4 Å². The van der Waals surface area contributed by atoms with Crippen molar-refractivity contribution in [2.24, 2.45) is 0 Å². The van der Waals surface area contributed by atoms with E-state index in [1.54, 1.807) is 11.0 Å². The minimum atomic E-state index is -0.210. The van der Waals surface area contributed by atoms with E-state index in [0.29, 0.717) is 18.7 Å². The van der Waals surface area contributed by atoms with Crippen LogP contribution in [0.25, 0.3) is 0 Å². The zero-order chi connectivity index (χ0) is 16.7. The molecule has 0 aromatic heterocycles. The number of nitrogens with zero attached hydrogens (tertiary/aromatic N) is 1. The van der Waals surface area contributed by atoms with Gasteiger partial charge in [-0.15, -0.1) is 0 Å². The first-order chi connectivity index (χ1) is 10.9. The van der Waals surface area contributed by atoms with Crippen molar-refractivity contribution in [3.05, 3.63) is 58.1 Å². The van der Waals surface area contributed by atoms with Gasteiger partial charge in [0, 0.05) is 19.2 Å². The Morgan fingerprint density at radius 2 is 1.74 bits per heavy atom. The maximum atomic E-state index is 12.8. The van der Waals surface area contributed by atoms with Crippen molar-refractivity contribution in [2.75, 3.05) is 0 Å². The fourth-order valence-corrected chi connectivity index (χ4v) is 3.06. The smallest absolute Gasteiger partial charge is 0.258 e. The average molecular weight is 311 g/mol. The summed E-state index contributed by atoms with van der Waals surface area (Å²) in [7, 11) is 0. The van der Waals surface area contributed by atoms with Crippen LogP contribution in [0.5, 0.6) is 11.5 Å². The lowest BCUT2D eigenvalue weighted by Crippen LogP contribution is -2.25. The highest BCUT2D eigenvalue weighted by atomic mass is 16.3. The lowest BCUT2D eigenvalue weighted by atomic mass is 9.98. The molecule has 1 aliphatic rings. The molecule has 0 radical (unpaired) electrons. The van der Waals surface area contributed by atoms with E-state index in [9.17, 15) is 15.0 Å².